The lowest BCUT2D eigenvalue weighted by molar-refractivity contribution is -0.142. The summed E-state index contributed by atoms with van der Waals surface area (Å²) in [6, 6.07) is 5.01. The van der Waals surface area contributed by atoms with Gasteiger partial charge in [0.1, 0.15) is 16.8 Å². The van der Waals surface area contributed by atoms with E-state index in [-0.39, 0.29) is 65.5 Å². The van der Waals surface area contributed by atoms with Crippen molar-refractivity contribution in [2.75, 3.05) is 39.0 Å². The number of nitrogens with zero attached hydrogens (tertiary/aromatic N) is 4. The van der Waals surface area contributed by atoms with Gasteiger partial charge in [-0.2, -0.15) is 0 Å². The molecule has 7 atom stereocenters. The van der Waals surface area contributed by atoms with Crippen molar-refractivity contribution in [3.8, 4) is 0 Å². The monoisotopic (exact) mass is 988 g/mol. The van der Waals surface area contributed by atoms with Crippen LogP contribution in [0.3, 0.4) is 0 Å². The van der Waals surface area contributed by atoms with Crippen LogP contribution in [0.25, 0.3) is 0 Å². The molecule has 4 N–H and O–H groups in total. The number of likely N-dealkylation sites (tertiary alicyclic amines) is 1. The number of aliphatic hydroxyl groups is 1. The molecule has 0 aromatic carbocycles. The van der Waals surface area contributed by atoms with E-state index < -0.39 is 6.04 Å². The Hall–Kier alpha value is -3.24. The predicted octanol–water partition coefficient (Wildman–Crippen LogP) is 11.0. The number of likely N-dealkylation sites (N-methyl/N-ethyl adjacent to an activating group) is 1. The van der Waals surface area contributed by atoms with E-state index in [9.17, 15) is 19.5 Å². The van der Waals surface area contributed by atoms with Crippen LogP contribution in [0.5, 0.6) is 0 Å². The van der Waals surface area contributed by atoms with Gasteiger partial charge in [0, 0.05) is 55.9 Å². The van der Waals surface area contributed by atoms with Gasteiger partial charge < -0.3 is 30.7 Å². The van der Waals surface area contributed by atoms with Crippen LogP contribution in [0, 0.1) is 17.8 Å². The summed E-state index contributed by atoms with van der Waals surface area (Å²) in [4.78, 5) is 52.4. The number of allylic oxidation sites excluding steroid dienone is 3. The fourth-order valence-corrected chi connectivity index (χ4v) is 9.69. The summed E-state index contributed by atoms with van der Waals surface area (Å²) in [5, 5.41) is 22.1. The Morgan fingerprint density at radius 1 is 1.07 bits per heavy atom. The van der Waals surface area contributed by atoms with Crippen molar-refractivity contribution in [1.82, 2.24) is 30.7 Å². The third kappa shape index (κ3) is 24.7. The molecule has 3 amide bonds. The molecular formula is C52H89N7O5S3. The van der Waals surface area contributed by atoms with Gasteiger partial charge in [-0.25, -0.2) is 4.98 Å². The summed E-state index contributed by atoms with van der Waals surface area (Å²) in [6.07, 6.45) is 15.1. The molecule has 2 rings (SSSR count). The highest BCUT2D eigenvalue weighted by molar-refractivity contribution is 8.76. The van der Waals surface area contributed by atoms with E-state index in [1.807, 2.05) is 57.0 Å². The molecule has 2 heterocycles. The summed E-state index contributed by atoms with van der Waals surface area (Å²) < 4.78 is 6.47. The van der Waals surface area contributed by atoms with Crippen molar-refractivity contribution in [2.24, 2.45) is 22.7 Å². The molecule has 1 aliphatic rings. The lowest BCUT2D eigenvalue weighted by Crippen LogP contribution is -2.59. The molecule has 0 radical (unpaired) electrons. The number of piperidine rings is 1. The van der Waals surface area contributed by atoms with E-state index in [0.717, 1.165) is 80.9 Å². The first-order valence-corrected chi connectivity index (χ1v) is 27.6. The van der Waals surface area contributed by atoms with E-state index in [1.54, 1.807) is 45.3 Å². The Morgan fingerprint density at radius 3 is 2.39 bits per heavy atom. The van der Waals surface area contributed by atoms with Crippen molar-refractivity contribution in [1.29, 1.82) is 0 Å². The van der Waals surface area contributed by atoms with Crippen molar-refractivity contribution in [2.45, 2.75) is 176 Å². The molecule has 0 spiro atoms. The topological polar surface area (TPSA) is 148 Å². The number of aliphatic imine (C=N–C) groups is 1. The first-order chi connectivity index (χ1) is 32.0. The minimum absolute atomic E-state index is 0.0130. The highest BCUT2D eigenvalue weighted by Gasteiger charge is 2.38. The third-order valence-corrected chi connectivity index (χ3v) is 14.2. The predicted molar refractivity (Wildman–Crippen MR) is 289 cm³/mol. The fraction of sp³-hybridized carbons (Fsp3) is 0.673. The zero-order valence-electron chi connectivity index (χ0n) is 43.2. The van der Waals surface area contributed by atoms with Crippen LogP contribution in [0.4, 0.5) is 0 Å². The first kappa shape index (κ1) is 61.8. The molecule has 12 nitrogen and oxygen atoms in total. The third-order valence-electron chi connectivity index (χ3n) is 11.7. The molecule has 1 fully saturated rings. The van der Waals surface area contributed by atoms with Crippen molar-refractivity contribution in [3.05, 3.63) is 71.8 Å². The van der Waals surface area contributed by atoms with Crippen molar-refractivity contribution < 1.29 is 24.2 Å². The second-order valence-corrected chi connectivity index (χ2v) is 20.7. The van der Waals surface area contributed by atoms with Gasteiger partial charge in [-0.1, -0.05) is 105 Å². The molecular weight excluding hydrogens is 899 g/mol. The number of nitrogens with one attached hydrogen (secondary N) is 3. The van der Waals surface area contributed by atoms with Crippen LogP contribution < -0.4 is 16.0 Å². The summed E-state index contributed by atoms with van der Waals surface area (Å²) in [6.45, 7) is 29.7. The van der Waals surface area contributed by atoms with Crippen molar-refractivity contribution >= 4 is 57.6 Å². The van der Waals surface area contributed by atoms with Crippen LogP contribution in [0.2, 0.25) is 0 Å². The molecule has 1 aromatic heterocycles. The van der Waals surface area contributed by atoms with Crippen LogP contribution in [0.15, 0.2) is 81.8 Å². The van der Waals surface area contributed by atoms with Gasteiger partial charge >= 0.3 is 0 Å². The van der Waals surface area contributed by atoms with E-state index >= 15 is 0 Å². The van der Waals surface area contributed by atoms with Gasteiger partial charge in [0.25, 0.3) is 0 Å². The van der Waals surface area contributed by atoms with Gasteiger partial charge in [0.05, 0.1) is 23.5 Å². The van der Waals surface area contributed by atoms with Crippen LogP contribution in [0.1, 0.15) is 140 Å². The van der Waals surface area contributed by atoms with Crippen LogP contribution in [-0.2, 0) is 19.1 Å². The highest BCUT2D eigenvalue weighted by atomic mass is 33.1. The van der Waals surface area contributed by atoms with E-state index in [0.29, 0.717) is 37.4 Å². The number of carbonyl (C=O) groups is 3. The Labute approximate surface area is 419 Å². The standard InChI is InChI=1S/C42H75N5O4S.C10H14N2OS2/c1-13-19-35(48)22-21-30(7)26-32(9)43-33(10)36(28-52)44-34(11)39(51-25-15-3)27-38(29(5)6)47(23-14-2)42(50)40(31(8)16-4)45-41(49)37-20-17-18-24-46(37)12;1-2-9(13)11-7-8-14-15-10-5-3-4-6-12-10/h19,21-22,28-32,37-40,43,48,52H,10,13-18,20,23-27H2,1-9,11-12H3,(H,45,49);3-6H,2,7-8H2,1H3,(H,11,13)/b22-21-,35-19+,36-28-,44-34?;/t30?,31?,32?,37-,38?,39?,40+;/m1./s1. The summed E-state index contributed by atoms with van der Waals surface area (Å²) in [5.41, 5.74) is 2.08. The van der Waals surface area contributed by atoms with Crippen LogP contribution in [-0.4, -0.2) is 113 Å². The quantitative estimate of drug-likeness (QED) is 0.0126. The Morgan fingerprint density at radius 2 is 1.81 bits per heavy atom. The Kier molecular flexibility index (Phi) is 33.0. The number of aromatic nitrogens is 1. The zero-order valence-corrected chi connectivity index (χ0v) is 45.7. The average molecular weight is 989 g/mol. The normalized spacial score (nSPS) is 17.7. The maximum absolute atomic E-state index is 14.6. The fourth-order valence-electron chi connectivity index (χ4n) is 7.69. The molecule has 1 saturated heterocycles. The molecule has 1 aromatic rings. The molecule has 0 aliphatic carbocycles. The SMILES string of the molecule is C=C(NC(C)CC(C)/C=C\C(O)=C/CC)/C(=C/S)N=C(C)C(CC(C(C)C)N(CCC)C(=O)[C@@H](NC(=O)[C@H]1CCCCN1C)C(C)CC)OCCC.CCC(=O)NCCSSc1ccccn1. The second-order valence-electron chi connectivity index (χ2n) is 18.0. The number of thiol groups is 1. The highest BCUT2D eigenvalue weighted by Crippen LogP contribution is 2.28. The number of hydrogen-bond acceptors (Lipinski definition) is 12. The van der Waals surface area contributed by atoms with E-state index in [2.05, 4.69) is 100 Å². The van der Waals surface area contributed by atoms with Crippen molar-refractivity contribution in [3.63, 3.8) is 0 Å². The van der Waals surface area contributed by atoms with Gasteiger partial charge in [-0.3, -0.25) is 24.3 Å². The smallest absolute Gasteiger partial charge is 0.245 e. The second kappa shape index (κ2) is 35.8. The summed E-state index contributed by atoms with van der Waals surface area (Å²) in [5.74, 6) is 1.60. The van der Waals surface area contributed by atoms with E-state index in [4.69, 9.17) is 9.73 Å². The minimum atomic E-state index is -0.600. The molecule has 5 unspecified atom stereocenters. The lowest BCUT2D eigenvalue weighted by atomic mass is 9.91. The number of ether oxygens (including phenoxy) is 1. The molecule has 0 bridgehead atoms. The van der Waals surface area contributed by atoms with Crippen LogP contribution >= 0.6 is 34.2 Å². The molecule has 15 heteroatoms. The molecule has 67 heavy (non-hydrogen) atoms. The van der Waals surface area contributed by atoms with Gasteiger partial charge in [-0.05, 0) is 131 Å². The van der Waals surface area contributed by atoms with Gasteiger partial charge in [0.2, 0.25) is 17.7 Å². The number of rotatable bonds is 30. The molecule has 380 valence electrons. The zero-order chi connectivity index (χ0) is 50.3. The Bertz CT molecular complexity index is 1710. The van der Waals surface area contributed by atoms with Gasteiger partial charge in [-0.15, -0.1) is 12.6 Å². The van der Waals surface area contributed by atoms with E-state index in [1.165, 1.54) is 0 Å². The number of pyridine rings is 1. The maximum Gasteiger partial charge on any atom is 0.245 e. The number of amides is 3. The molecule has 1 aliphatic heterocycles. The van der Waals surface area contributed by atoms with Gasteiger partial charge in [0.15, 0.2) is 0 Å². The summed E-state index contributed by atoms with van der Waals surface area (Å²) in [7, 11) is 5.33. The summed E-state index contributed by atoms with van der Waals surface area (Å²) >= 11 is 4.50. The average Bonchev–Trinajstić information content (AvgIpc) is 3.31. The number of carbonyl (C=O) groups excluding carboxylic acids is 3. The number of aliphatic hydroxyl groups excluding tert-OH is 1. The Balaban J connectivity index is 0.00000126. The first-order valence-electron chi connectivity index (χ1n) is 24.8. The lowest BCUT2D eigenvalue weighted by Gasteiger charge is -2.40. The molecule has 0 saturated carbocycles. The minimum Gasteiger partial charge on any atom is -0.508 e. The largest absolute Gasteiger partial charge is 0.508 e. The number of hydrogen-bond donors (Lipinski definition) is 5. The maximum atomic E-state index is 14.6.